The second-order valence-corrected chi connectivity index (χ2v) is 6.34. The highest BCUT2D eigenvalue weighted by molar-refractivity contribution is 7.98. The highest BCUT2D eigenvalue weighted by atomic mass is 32.2. The van der Waals surface area contributed by atoms with Crippen LogP contribution < -0.4 is 5.32 Å². The van der Waals surface area contributed by atoms with E-state index in [1.807, 2.05) is 39.2 Å². The molecule has 1 N–H and O–H groups in total. The molecule has 0 unspecified atom stereocenters. The van der Waals surface area contributed by atoms with E-state index in [2.05, 4.69) is 5.32 Å². The summed E-state index contributed by atoms with van der Waals surface area (Å²) in [6, 6.07) is 7.18. The van der Waals surface area contributed by atoms with Crippen LogP contribution in [0.1, 0.15) is 38.1 Å². The zero-order valence-electron chi connectivity index (χ0n) is 12.5. The van der Waals surface area contributed by atoms with E-state index >= 15 is 0 Å². The van der Waals surface area contributed by atoms with E-state index in [9.17, 15) is 9.59 Å². The number of carbonyl (C=O) groups excluding carboxylic acids is 2. The van der Waals surface area contributed by atoms with Crippen LogP contribution in [0, 0.1) is 0 Å². The second kappa shape index (κ2) is 6.79. The molecule has 0 bridgehead atoms. The molecular formula is C15H21NO3S. The SMILES string of the molecule is CSc1ccccc1C(=O)O[C@H](C)C(=O)NC(C)(C)C. The van der Waals surface area contributed by atoms with Crippen LogP contribution in [0.25, 0.3) is 0 Å². The van der Waals surface area contributed by atoms with Gasteiger partial charge in [-0.15, -0.1) is 11.8 Å². The molecule has 1 rings (SSSR count). The number of benzene rings is 1. The fourth-order valence-electron chi connectivity index (χ4n) is 1.56. The Morgan fingerprint density at radius 2 is 1.85 bits per heavy atom. The number of hydrogen-bond donors (Lipinski definition) is 1. The van der Waals surface area contributed by atoms with Crippen molar-refractivity contribution in [3.05, 3.63) is 29.8 Å². The minimum atomic E-state index is -0.823. The summed E-state index contributed by atoms with van der Waals surface area (Å²) in [6.45, 7) is 7.20. The summed E-state index contributed by atoms with van der Waals surface area (Å²) in [6.07, 6.45) is 1.07. The van der Waals surface area contributed by atoms with E-state index < -0.39 is 12.1 Å². The molecule has 0 saturated heterocycles. The standard InChI is InChI=1S/C15H21NO3S/c1-10(13(17)16-15(2,3)4)19-14(18)11-8-6-7-9-12(11)20-5/h6-10H,1-5H3,(H,16,17)/t10-/m1/s1. The Labute approximate surface area is 124 Å². The van der Waals surface area contributed by atoms with Crippen molar-refractivity contribution < 1.29 is 14.3 Å². The normalized spacial score (nSPS) is 12.7. The Morgan fingerprint density at radius 3 is 2.40 bits per heavy atom. The van der Waals surface area contributed by atoms with Crippen molar-refractivity contribution in [1.29, 1.82) is 0 Å². The van der Waals surface area contributed by atoms with E-state index in [-0.39, 0.29) is 11.4 Å². The molecule has 110 valence electrons. The number of thioether (sulfide) groups is 1. The Bertz CT molecular complexity index is 494. The third-order valence-corrected chi connectivity index (χ3v) is 3.27. The molecule has 4 nitrogen and oxygen atoms in total. The van der Waals surface area contributed by atoms with E-state index in [4.69, 9.17) is 4.74 Å². The summed E-state index contributed by atoms with van der Waals surface area (Å²) in [4.78, 5) is 24.8. The first-order valence-electron chi connectivity index (χ1n) is 6.40. The largest absolute Gasteiger partial charge is 0.449 e. The van der Waals surface area contributed by atoms with Crippen LogP contribution >= 0.6 is 11.8 Å². The fourth-order valence-corrected chi connectivity index (χ4v) is 2.15. The van der Waals surface area contributed by atoms with Gasteiger partial charge in [-0.25, -0.2) is 4.79 Å². The van der Waals surface area contributed by atoms with Crippen LogP contribution in [0.3, 0.4) is 0 Å². The van der Waals surface area contributed by atoms with E-state index in [1.165, 1.54) is 11.8 Å². The molecule has 0 heterocycles. The number of nitrogens with one attached hydrogen (secondary N) is 1. The van der Waals surface area contributed by atoms with Crippen molar-refractivity contribution >= 4 is 23.6 Å². The average Bonchev–Trinajstić information content (AvgIpc) is 2.36. The van der Waals surface area contributed by atoms with Gasteiger partial charge in [-0.3, -0.25) is 4.79 Å². The van der Waals surface area contributed by atoms with Crippen LogP contribution in [0.4, 0.5) is 0 Å². The Kier molecular flexibility index (Phi) is 5.62. The zero-order chi connectivity index (χ0) is 15.3. The summed E-state index contributed by atoms with van der Waals surface area (Å²) >= 11 is 1.47. The van der Waals surface area contributed by atoms with E-state index in [1.54, 1.807) is 19.1 Å². The van der Waals surface area contributed by atoms with Gasteiger partial charge < -0.3 is 10.1 Å². The second-order valence-electron chi connectivity index (χ2n) is 5.49. The van der Waals surface area contributed by atoms with Gasteiger partial charge >= 0.3 is 5.97 Å². The minimum Gasteiger partial charge on any atom is -0.449 e. The Hall–Kier alpha value is -1.49. The quantitative estimate of drug-likeness (QED) is 0.685. The van der Waals surface area contributed by atoms with Crippen LogP contribution in [-0.2, 0) is 9.53 Å². The first-order valence-corrected chi connectivity index (χ1v) is 7.63. The lowest BCUT2D eigenvalue weighted by atomic mass is 10.1. The van der Waals surface area contributed by atoms with Gasteiger partial charge in [0.2, 0.25) is 0 Å². The molecule has 1 amide bonds. The summed E-state index contributed by atoms with van der Waals surface area (Å²) in [5.41, 5.74) is 0.130. The number of esters is 1. The molecule has 0 aliphatic carbocycles. The number of hydrogen-bond acceptors (Lipinski definition) is 4. The van der Waals surface area contributed by atoms with Crippen molar-refractivity contribution in [2.45, 2.75) is 44.2 Å². The number of carbonyl (C=O) groups is 2. The lowest BCUT2D eigenvalue weighted by Crippen LogP contribution is -2.46. The first kappa shape index (κ1) is 16.6. The molecule has 0 fully saturated rings. The maximum atomic E-state index is 12.1. The minimum absolute atomic E-state index is 0.299. The van der Waals surface area contributed by atoms with Gasteiger partial charge in [0.05, 0.1) is 5.56 Å². The Morgan fingerprint density at radius 1 is 1.25 bits per heavy atom. The molecular weight excluding hydrogens is 274 g/mol. The number of ether oxygens (including phenoxy) is 1. The first-order chi connectivity index (χ1) is 9.24. The number of rotatable bonds is 4. The fraction of sp³-hybridized carbons (Fsp3) is 0.467. The molecule has 0 radical (unpaired) electrons. The smallest absolute Gasteiger partial charge is 0.340 e. The van der Waals surface area contributed by atoms with Gasteiger partial charge in [0, 0.05) is 10.4 Å². The topological polar surface area (TPSA) is 55.4 Å². The van der Waals surface area contributed by atoms with Crippen molar-refractivity contribution in [3.63, 3.8) is 0 Å². The van der Waals surface area contributed by atoms with Crippen molar-refractivity contribution in [2.24, 2.45) is 0 Å². The molecule has 0 saturated carbocycles. The molecule has 20 heavy (non-hydrogen) atoms. The summed E-state index contributed by atoms with van der Waals surface area (Å²) in [7, 11) is 0. The molecule has 1 atom stereocenters. The maximum Gasteiger partial charge on any atom is 0.340 e. The molecule has 1 aromatic rings. The van der Waals surface area contributed by atoms with Crippen molar-refractivity contribution in [1.82, 2.24) is 5.32 Å². The average molecular weight is 295 g/mol. The van der Waals surface area contributed by atoms with Crippen LogP contribution in [0.15, 0.2) is 29.2 Å². The monoisotopic (exact) mass is 295 g/mol. The van der Waals surface area contributed by atoms with Gasteiger partial charge in [0.1, 0.15) is 0 Å². The van der Waals surface area contributed by atoms with Gasteiger partial charge in [-0.1, -0.05) is 12.1 Å². The van der Waals surface area contributed by atoms with Crippen molar-refractivity contribution in [3.8, 4) is 0 Å². The van der Waals surface area contributed by atoms with Gasteiger partial charge in [0.25, 0.3) is 5.91 Å². The number of amides is 1. The molecule has 1 aromatic carbocycles. The zero-order valence-corrected chi connectivity index (χ0v) is 13.3. The highest BCUT2D eigenvalue weighted by Crippen LogP contribution is 2.21. The van der Waals surface area contributed by atoms with Gasteiger partial charge in [-0.05, 0) is 46.1 Å². The lowest BCUT2D eigenvalue weighted by Gasteiger charge is -2.23. The van der Waals surface area contributed by atoms with E-state index in [0.717, 1.165) is 4.90 Å². The van der Waals surface area contributed by atoms with Gasteiger partial charge in [-0.2, -0.15) is 0 Å². The summed E-state index contributed by atoms with van der Waals surface area (Å²) in [5, 5.41) is 2.78. The molecule has 5 heteroatoms. The third-order valence-electron chi connectivity index (χ3n) is 2.48. The predicted molar refractivity (Wildman–Crippen MR) is 81.0 cm³/mol. The van der Waals surface area contributed by atoms with E-state index in [0.29, 0.717) is 5.56 Å². The Balaban J connectivity index is 2.73. The molecule has 0 spiro atoms. The summed E-state index contributed by atoms with van der Waals surface area (Å²) in [5.74, 6) is -0.779. The van der Waals surface area contributed by atoms with Gasteiger partial charge in [0.15, 0.2) is 6.10 Å². The molecule has 0 aliphatic heterocycles. The summed E-state index contributed by atoms with van der Waals surface area (Å²) < 4.78 is 5.22. The third kappa shape index (κ3) is 4.89. The molecule has 0 aromatic heterocycles. The van der Waals surface area contributed by atoms with Crippen LogP contribution in [0.5, 0.6) is 0 Å². The molecule has 0 aliphatic rings. The maximum absolute atomic E-state index is 12.1. The lowest BCUT2D eigenvalue weighted by molar-refractivity contribution is -0.130. The predicted octanol–water partition coefficient (Wildman–Crippen LogP) is 2.87. The van der Waals surface area contributed by atoms with Crippen molar-refractivity contribution in [2.75, 3.05) is 6.26 Å². The highest BCUT2D eigenvalue weighted by Gasteiger charge is 2.23. The van der Waals surface area contributed by atoms with Crippen LogP contribution in [0.2, 0.25) is 0 Å². The van der Waals surface area contributed by atoms with Crippen LogP contribution in [-0.4, -0.2) is 29.8 Å².